The summed E-state index contributed by atoms with van der Waals surface area (Å²) in [4.78, 5) is 46.1. The molecule has 192 valence electrons. The molecule has 3 rings (SSSR count). The number of benzene rings is 2. The molecule has 0 saturated carbocycles. The van der Waals surface area contributed by atoms with E-state index in [-0.39, 0.29) is 18.7 Å². The van der Waals surface area contributed by atoms with Gasteiger partial charge in [0, 0.05) is 11.6 Å². The molecule has 1 N–H and O–H groups in total. The van der Waals surface area contributed by atoms with Gasteiger partial charge in [0.2, 0.25) is 5.62 Å². The molecule has 8 nitrogen and oxygen atoms in total. The van der Waals surface area contributed by atoms with E-state index >= 15 is 0 Å². The molecule has 0 amide bonds. The van der Waals surface area contributed by atoms with Gasteiger partial charge in [0.15, 0.2) is 0 Å². The number of aryl methyl sites for hydroxylation is 1. The summed E-state index contributed by atoms with van der Waals surface area (Å²) in [6.45, 7) is 9.46. The van der Waals surface area contributed by atoms with Crippen molar-refractivity contribution in [2.45, 2.75) is 54.1 Å². The Morgan fingerprint density at radius 2 is 1.78 bits per heavy atom. The van der Waals surface area contributed by atoms with Crippen molar-refractivity contribution in [2.75, 3.05) is 7.11 Å². The Hall–Kier alpha value is -3.39. The van der Waals surface area contributed by atoms with E-state index in [1.165, 1.54) is 11.7 Å². The molecule has 0 fully saturated rings. The van der Waals surface area contributed by atoms with Gasteiger partial charge in [-0.25, -0.2) is 19.1 Å². The number of carbonyl (C=O) groups excluding carboxylic acids is 1. The molecular weight excluding hydrogens is 480 g/mol. The lowest BCUT2D eigenvalue weighted by Gasteiger charge is -2.22. The van der Waals surface area contributed by atoms with Crippen molar-refractivity contribution in [3.05, 3.63) is 90.8 Å². The highest BCUT2D eigenvalue weighted by Gasteiger charge is 2.31. The van der Waals surface area contributed by atoms with Gasteiger partial charge in [-0.15, -0.1) is 0 Å². The molecule has 0 radical (unpaired) electrons. The minimum absolute atomic E-state index is 0.0883. The number of carbonyl (C=O) groups is 1. The van der Waals surface area contributed by atoms with Gasteiger partial charge in [0.1, 0.15) is 0 Å². The van der Waals surface area contributed by atoms with Crippen LogP contribution < -0.4 is 17.0 Å². The number of H-pyrrole nitrogens is 1. The monoisotopic (exact) mass is 512 g/mol. The van der Waals surface area contributed by atoms with E-state index in [9.17, 15) is 14.4 Å². The fourth-order valence-corrected chi connectivity index (χ4v) is 4.12. The fourth-order valence-electron chi connectivity index (χ4n) is 3.87. The van der Waals surface area contributed by atoms with Gasteiger partial charge in [0.25, 0.3) is 0 Å². The van der Waals surface area contributed by atoms with E-state index in [1.54, 1.807) is 19.9 Å². The maximum atomic E-state index is 13.6. The van der Waals surface area contributed by atoms with Gasteiger partial charge in [-0.3, -0.25) is 14.3 Å². The highest BCUT2D eigenvalue weighted by Crippen LogP contribution is 2.24. The van der Waals surface area contributed by atoms with Crippen LogP contribution in [0.25, 0.3) is 0 Å². The second kappa shape index (κ2) is 11.1. The third-order valence-electron chi connectivity index (χ3n) is 5.83. The third kappa shape index (κ3) is 6.43. The largest absolute Gasteiger partial charge is 0.469 e. The number of nitrogens with one attached hydrogen (secondary N) is 1. The number of hydrogen-bond acceptors (Lipinski definition) is 5. The second-order valence-electron chi connectivity index (χ2n) is 10.1. The minimum Gasteiger partial charge on any atom is -0.469 e. The van der Waals surface area contributed by atoms with Crippen LogP contribution in [0.5, 0.6) is 0 Å². The summed E-state index contributed by atoms with van der Waals surface area (Å²) >= 11 is 6.48. The number of methoxy groups -OCH3 is 1. The summed E-state index contributed by atoms with van der Waals surface area (Å²) in [6, 6.07) is 13.2. The molecule has 2 aromatic carbocycles. The van der Waals surface area contributed by atoms with Crippen LogP contribution in [0.2, 0.25) is 5.02 Å². The fraction of sp³-hybridized carbons (Fsp3) is 0.407. The first-order valence-corrected chi connectivity index (χ1v) is 12.2. The van der Waals surface area contributed by atoms with Crippen molar-refractivity contribution in [3.63, 3.8) is 0 Å². The quantitative estimate of drug-likeness (QED) is 0.461. The topological polar surface area (TPSA) is 98.4 Å². The van der Waals surface area contributed by atoms with E-state index in [1.807, 2.05) is 43.3 Å². The molecule has 0 unspecified atom stereocenters. The lowest BCUT2D eigenvalue weighted by Crippen LogP contribution is -2.52. The molecule has 0 aliphatic carbocycles. The van der Waals surface area contributed by atoms with Crippen LogP contribution in [0, 0.1) is 18.3 Å². The molecule has 0 bridgehead atoms. The predicted octanol–water partition coefficient (Wildman–Crippen LogP) is 3.98. The van der Waals surface area contributed by atoms with Crippen LogP contribution >= 0.6 is 11.6 Å². The zero-order valence-electron chi connectivity index (χ0n) is 21.6. The van der Waals surface area contributed by atoms with E-state index in [4.69, 9.17) is 16.3 Å². The summed E-state index contributed by atoms with van der Waals surface area (Å²) in [5, 5.41) is 0.575. The van der Waals surface area contributed by atoms with Crippen molar-refractivity contribution < 1.29 is 9.53 Å². The smallest absolute Gasteiger partial charge is 0.335 e. The second-order valence-corrected chi connectivity index (χ2v) is 10.5. The van der Waals surface area contributed by atoms with Gasteiger partial charge < -0.3 is 4.74 Å². The number of esters is 1. The highest BCUT2D eigenvalue weighted by atomic mass is 35.5. The van der Waals surface area contributed by atoms with E-state index in [0.29, 0.717) is 16.6 Å². The summed E-state index contributed by atoms with van der Waals surface area (Å²) in [7, 11) is 1.27. The first-order valence-electron chi connectivity index (χ1n) is 11.8. The molecule has 1 aromatic heterocycles. The summed E-state index contributed by atoms with van der Waals surface area (Å²) < 4.78 is 7.23. The van der Waals surface area contributed by atoms with Crippen molar-refractivity contribution in [2.24, 2.45) is 16.3 Å². The van der Waals surface area contributed by atoms with E-state index < -0.39 is 22.8 Å². The molecule has 0 atom stereocenters. The zero-order valence-corrected chi connectivity index (χ0v) is 22.3. The third-order valence-corrected chi connectivity index (χ3v) is 6.19. The van der Waals surface area contributed by atoms with Gasteiger partial charge in [-0.05, 0) is 56.4 Å². The van der Waals surface area contributed by atoms with Crippen LogP contribution in [-0.2, 0) is 29.0 Å². The van der Waals surface area contributed by atoms with Crippen molar-refractivity contribution in [1.82, 2.24) is 14.1 Å². The van der Waals surface area contributed by atoms with E-state index in [2.05, 4.69) is 23.8 Å². The van der Waals surface area contributed by atoms with Gasteiger partial charge in [-0.1, -0.05) is 61.3 Å². The Morgan fingerprint density at radius 3 is 2.36 bits per heavy atom. The Balaban J connectivity index is 2.18. The van der Waals surface area contributed by atoms with Crippen LogP contribution in [-0.4, -0.2) is 27.2 Å². The highest BCUT2D eigenvalue weighted by molar-refractivity contribution is 6.31. The normalized spacial score (nSPS) is 12.3. The molecule has 3 aromatic rings. The Bertz CT molecular complexity index is 1430. The average molecular weight is 513 g/mol. The summed E-state index contributed by atoms with van der Waals surface area (Å²) in [6.07, 6.45) is 0.829. The molecule has 0 spiro atoms. The average Bonchev–Trinajstić information content (AvgIpc) is 2.81. The van der Waals surface area contributed by atoms with Gasteiger partial charge in [-0.2, -0.15) is 0 Å². The van der Waals surface area contributed by atoms with Crippen LogP contribution in [0.15, 0.2) is 57.0 Å². The van der Waals surface area contributed by atoms with Gasteiger partial charge >= 0.3 is 17.3 Å². The van der Waals surface area contributed by atoms with Crippen molar-refractivity contribution in [1.29, 1.82) is 0 Å². The maximum absolute atomic E-state index is 13.6. The number of nitrogens with zero attached hydrogens (tertiary/aromatic N) is 3. The number of rotatable bonds is 8. The van der Waals surface area contributed by atoms with Gasteiger partial charge in [0.05, 0.1) is 24.8 Å². The molecule has 9 heteroatoms. The molecule has 1 heterocycles. The Labute approximate surface area is 215 Å². The summed E-state index contributed by atoms with van der Waals surface area (Å²) in [5.74, 6) is -0.0797. The molecule has 0 aliphatic rings. The number of aromatic amines is 1. The van der Waals surface area contributed by atoms with Crippen LogP contribution in [0.4, 0.5) is 5.69 Å². The van der Waals surface area contributed by atoms with Crippen LogP contribution in [0.3, 0.4) is 0 Å². The number of ether oxygens (including phenoxy) is 1. The number of aromatic nitrogens is 3. The first kappa shape index (κ1) is 27.2. The number of halogens is 1. The maximum Gasteiger partial charge on any atom is 0.335 e. The lowest BCUT2D eigenvalue weighted by atomic mass is 9.94. The minimum atomic E-state index is -1.09. The first-order chi connectivity index (χ1) is 16.9. The standard InChI is InChI=1S/C27H33ClN4O4/c1-17(2)13-20-11-12-21(14-22(20)28)29-24-30-25(34)32(16-27(4,5)23(33)36-6)26(35)31(24)15-19-9-7-18(3)8-10-19/h7-12,14,17H,13,15-16H2,1-6H3,(H,29,30,34). The summed E-state index contributed by atoms with van der Waals surface area (Å²) in [5.41, 5.74) is 1.20. The SMILES string of the molecule is COC(=O)C(C)(C)Cn1c(=O)[nH]/c(=N\c2ccc(CC(C)C)c(Cl)c2)n(Cc2ccc(C)cc2)c1=O. The van der Waals surface area contributed by atoms with E-state index in [0.717, 1.165) is 27.7 Å². The van der Waals surface area contributed by atoms with Crippen molar-refractivity contribution >= 4 is 23.3 Å². The van der Waals surface area contributed by atoms with Crippen molar-refractivity contribution in [3.8, 4) is 0 Å². The molecular formula is C27H33ClN4O4. The molecule has 0 saturated heterocycles. The number of hydrogen-bond donors (Lipinski definition) is 1. The van der Waals surface area contributed by atoms with Crippen LogP contribution in [0.1, 0.15) is 44.4 Å². The Morgan fingerprint density at radius 1 is 1.11 bits per heavy atom. The lowest BCUT2D eigenvalue weighted by molar-refractivity contribution is -0.151. The molecule has 36 heavy (non-hydrogen) atoms. The molecule has 0 aliphatic heterocycles. The Kier molecular flexibility index (Phi) is 8.40. The zero-order chi connectivity index (χ0) is 26.6. The predicted molar refractivity (Wildman–Crippen MR) is 141 cm³/mol.